The summed E-state index contributed by atoms with van der Waals surface area (Å²) in [6.45, 7) is 4.05. The predicted molar refractivity (Wildman–Crippen MR) is 175 cm³/mol. The lowest BCUT2D eigenvalue weighted by Gasteiger charge is -2.39. The number of fused-ring (bicyclic) bond motifs is 1. The normalized spacial score (nSPS) is 21.0. The number of ether oxygens (including phenoxy) is 1. The number of alkyl halides is 3. The summed E-state index contributed by atoms with van der Waals surface area (Å²) < 4.78 is 46.9. The van der Waals surface area contributed by atoms with Crippen molar-refractivity contribution >= 4 is 46.7 Å². The first-order valence-electron chi connectivity index (χ1n) is 16.6. The van der Waals surface area contributed by atoms with E-state index in [-0.39, 0.29) is 24.1 Å². The Labute approximate surface area is 286 Å². The summed E-state index contributed by atoms with van der Waals surface area (Å²) in [4.78, 5) is 45.3. The topological polar surface area (TPSA) is 114 Å². The Morgan fingerprint density at radius 1 is 0.979 bits per heavy atom. The molecular weight excluding hydrogens is 671 g/mol. The average Bonchev–Trinajstić information content (AvgIpc) is 3.45. The number of halogens is 4. The van der Waals surface area contributed by atoms with Gasteiger partial charge < -0.3 is 35.2 Å². The molecule has 1 atom stereocenters. The van der Waals surface area contributed by atoms with Gasteiger partial charge in [-0.25, -0.2) is 9.59 Å². The Bertz CT molecular complexity index is 1490. The molecule has 3 fully saturated rings. The van der Waals surface area contributed by atoms with Crippen LogP contribution in [0.4, 0.5) is 28.4 Å². The Hall–Kier alpha value is -3.23. The molecule has 4 amide bonds. The monoisotopic (exact) mass is 711 g/mol. The zero-order valence-corrected chi connectivity index (χ0v) is 28.1. The zero-order chi connectivity index (χ0) is 34.0. The number of piperidine rings is 3. The maximum Gasteiger partial charge on any atom is 0.420 e. The van der Waals surface area contributed by atoms with E-state index in [0.717, 1.165) is 62.5 Å². The maximum absolute atomic E-state index is 13.9. The molecule has 48 heavy (non-hydrogen) atoms. The highest BCUT2D eigenvalue weighted by molar-refractivity contribution is 7.08. The molecule has 10 nitrogen and oxygen atoms in total. The molecule has 6 rings (SSSR count). The highest BCUT2D eigenvalue weighted by Crippen LogP contribution is 2.41. The minimum absolute atomic E-state index is 0.0140. The summed E-state index contributed by atoms with van der Waals surface area (Å²) in [7, 11) is 0. The minimum Gasteiger partial charge on any atom is -0.506 e. The molecule has 2 aromatic rings. The number of thiophene rings is 1. The van der Waals surface area contributed by atoms with E-state index in [4.69, 9.17) is 16.3 Å². The molecule has 262 valence electrons. The van der Waals surface area contributed by atoms with E-state index in [1.54, 1.807) is 21.1 Å². The second-order valence-corrected chi connectivity index (χ2v) is 14.4. The molecule has 1 aromatic heterocycles. The number of anilines is 1. The second kappa shape index (κ2) is 14.7. The number of carbonyl (C=O) groups excluding carboxylic acids is 3. The third-order valence-electron chi connectivity index (χ3n) is 10.3. The molecule has 3 N–H and O–H groups in total. The maximum atomic E-state index is 13.9. The number of hydrogen-bond donors (Lipinski definition) is 3. The number of hydrogen-bond acceptors (Lipinski definition) is 7. The van der Waals surface area contributed by atoms with Crippen LogP contribution in [0.15, 0.2) is 22.9 Å². The van der Waals surface area contributed by atoms with Gasteiger partial charge in [0.05, 0.1) is 16.3 Å². The summed E-state index contributed by atoms with van der Waals surface area (Å²) >= 11 is 7.52. The number of phenolic OH excluding ortho intramolecular Hbond substituents is 1. The SMILES string of the molecule is O=C(O[C@H](Cc1cc(Cl)c(O)c(C(F)(F)F)c1)C(=O)N1CCC(C2CCNCC2)CC1)N1CCC(N2CCc3cscc3NC2=O)CC1. The summed E-state index contributed by atoms with van der Waals surface area (Å²) in [6, 6.07) is 1.66. The smallest absolute Gasteiger partial charge is 0.420 e. The van der Waals surface area contributed by atoms with Crippen LogP contribution in [0.3, 0.4) is 0 Å². The van der Waals surface area contributed by atoms with Crippen LogP contribution in [0, 0.1) is 11.8 Å². The second-order valence-electron chi connectivity index (χ2n) is 13.2. The van der Waals surface area contributed by atoms with E-state index in [1.807, 2.05) is 10.8 Å². The first-order chi connectivity index (χ1) is 23.0. The van der Waals surface area contributed by atoms with Crippen molar-refractivity contribution in [1.82, 2.24) is 20.0 Å². The summed E-state index contributed by atoms with van der Waals surface area (Å²) in [5.41, 5.74) is 0.623. The van der Waals surface area contributed by atoms with Crippen LogP contribution in [0.2, 0.25) is 5.02 Å². The Kier molecular flexibility index (Phi) is 10.6. The molecule has 0 radical (unpaired) electrons. The summed E-state index contributed by atoms with van der Waals surface area (Å²) in [6.07, 6.45) is -1.77. The van der Waals surface area contributed by atoms with Crippen molar-refractivity contribution in [2.75, 3.05) is 51.1 Å². The van der Waals surface area contributed by atoms with E-state index < -0.39 is 40.6 Å². The van der Waals surface area contributed by atoms with Gasteiger partial charge in [-0.2, -0.15) is 13.2 Å². The molecule has 15 heteroatoms. The van der Waals surface area contributed by atoms with Gasteiger partial charge in [-0.05, 0) is 98.5 Å². The molecule has 0 unspecified atom stereocenters. The highest BCUT2D eigenvalue weighted by Gasteiger charge is 2.39. The molecule has 4 aliphatic heterocycles. The van der Waals surface area contributed by atoms with E-state index in [1.165, 1.54) is 11.0 Å². The van der Waals surface area contributed by atoms with Gasteiger partial charge in [0.15, 0.2) is 6.10 Å². The van der Waals surface area contributed by atoms with E-state index >= 15 is 0 Å². The van der Waals surface area contributed by atoms with Crippen LogP contribution in [-0.2, 0) is 28.5 Å². The average molecular weight is 712 g/mol. The van der Waals surface area contributed by atoms with Gasteiger partial charge in [-0.3, -0.25) is 4.79 Å². The van der Waals surface area contributed by atoms with Gasteiger partial charge in [0.2, 0.25) is 0 Å². The molecule has 5 heterocycles. The van der Waals surface area contributed by atoms with Crippen molar-refractivity contribution in [2.45, 2.75) is 69.7 Å². The number of likely N-dealkylation sites (tertiary alicyclic amines) is 2. The fraction of sp³-hybridized carbons (Fsp3) is 0.606. The number of benzene rings is 1. The molecule has 0 spiro atoms. The number of phenols is 1. The van der Waals surface area contributed by atoms with Gasteiger partial charge in [-0.1, -0.05) is 11.6 Å². The number of nitrogens with one attached hydrogen (secondary N) is 2. The third kappa shape index (κ3) is 7.81. The van der Waals surface area contributed by atoms with Crippen LogP contribution in [-0.4, -0.2) is 95.8 Å². The quantitative estimate of drug-likeness (QED) is 0.341. The lowest BCUT2D eigenvalue weighted by atomic mass is 9.79. The highest BCUT2D eigenvalue weighted by atomic mass is 35.5. The predicted octanol–water partition coefficient (Wildman–Crippen LogP) is 5.97. The lowest BCUT2D eigenvalue weighted by molar-refractivity contribution is -0.142. The molecule has 0 bridgehead atoms. The Morgan fingerprint density at radius 2 is 1.65 bits per heavy atom. The Balaban J connectivity index is 1.12. The Morgan fingerprint density at radius 3 is 2.33 bits per heavy atom. The van der Waals surface area contributed by atoms with Crippen molar-refractivity contribution < 1.29 is 37.4 Å². The van der Waals surface area contributed by atoms with Gasteiger partial charge >= 0.3 is 18.3 Å². The fourth-order valence-electron chi connectivity index (χ4n) is 7.55. The largest absolute Gasteiger partial charge is 0.506 e. The zero-order valence-electron chi connectivity index (χ0n) is 26.6. The van der Waals surface area contributed by atoms with Gasteiger partial charge in [-0.15, -0.1) is 11.3 Å². The number of amides is 4. The minimum atomic E-state index is -4.88. The number of nitrogens with zero attached hydrogens (tertiary/aromatic N) is 3. The molecular formula is C33H41ClF3N5O5S. The van der Waals surface area contributed by atoms with Gasteiger partial charge in [0.1, 0.15) is 5.75 Å². The van der Waals surface area contributed by atoms with Gasteiger partial charge in [0.25, 0.3) is 5.91 Å². The molecule has 0 saturated carbocycles. The molecule has 3 saturated heterocycles. The standard InChI is InChI=1S/C33H41ClF3N5O5S/c34-26-16-20(15-25(29(26)43)33(35,36)37)17-28(30(44)40-10-3-22(4-11-40)21-1-8-38-9-2-21)47-32(46)41-12-6-24(7-13-41)42-14-5-23-18-48-19-27(23)39-31(42)45/h15-16,18-19,21-22,24,28,38,43H,1-14,17H2,(H,39,45)/t28-/m1/s1. The van der Waals surface area contributed by atoms with Crippen molar-refractivity contribution in [3.05, 3.63) is 44.6 Å². The number of urea groups is 1. The summed E-state index contributed by atoms with van der Waals surface area (Å²) in [5.74, 6) is -0.479. The van der Waals surface area contributed by atoms with Crippen molar-refractivity contribution in [1.29, 1.82) is 0 Å². The molecule has 1 aromatic carbocycles. The van der Waals surface area contributed by atoms with Crippen LogP contribution < -0.4 is 10.6 Å². The fourth-order valence-corrected chi connectivity index (χ4v) is 8.62. The molecule has 0 aliphatic carbocycles. The number of rotatable bonds is 6. The van der Waals surface area contributed by atoms with Gasteiger partial charge in [0, 0.05) is 50.6 Å². The van der Waals surface area contributed by atoms with E-state index in [9.17, 15) is 32.7 Å². The lowest BCUT2D eigenvalue weighted by Crippen LogP contribution is -2.52. The van der Waals surface area contributed by atoms with Crippen LogP contribution in [0.1, 0.15) is 55.2 Å². The first kappa shape index (κ1) is 34.6. The van der Waals surface area contributed by atoms with E-state index in [0.29, 0.717) is 57.4 Å². The van der Waals surface area contributed by atoms with Crippen LogP contribution >= 0.6 is 22.9 Å². The van der Waals surface area contributed by atoms with Crippen LogP contribution in [0.25, 0.3) is 0 Å². The first-order valence-corrected chi connectivity index (χ1v) is 18.0. The molecule has 4 aliphatic rings. The van der Waals surface area contributed by atoms with Crippen molar-refractivity contribution in [3.63, 3.8) is 0 Å². The summed E-state index contributed by atoms with van der Waals surface area (Å²) in [5, 5.41) is 19.8. The number of aromatic hydroxyl groups is 1. The van der Waals surface area contributed by atoms with Crippen LogP contribution in [0.5, 0.6) is 5.75 Å². The van der Waals surface area contributed by atoms with Crippen molar-refractivity contribution in [3.8, 4) is 5.75 Å². The van der Waals surface area contributed by atoms with E-state index in [2.05, 4.69) is 10.6 Å². The third-order valence-corrected chi connectivity index (χ3v) is 11.4. The number of carbonyl (C=O) groups is 3. The van der Waals surface area contributed by atoms with Crippen molar-refractivity contribution in [2.24, 2.45) is 11.8 Å².